The van der Waals surface area contributed by atoms with Crippen LogP contribution in [0.1, 0.15) is 12.5 Å². The van der Waals surface area contributed by atoms with Gasteiger partial charge in [-0.15, -0.1) is 6.58 Å². The fourth-order valence-electron chi connectivity index (χ4n) is 1.54. The number of hydrogen-bond acceptors (Lipinski definition) is 3. The molecule has 0 spiro atoms. The second-order valence-corrected chi connectivity index (χ2v) is 3.47. The SMILES string of the molecule is C=CCN(CC)c1nccc(CNC)c1F. The lowest BCUT2D eigenvalue weighted by Crippen LogP contribution is -2.25. The fourth-order valence-corrected chi connectivity index (χ4v) is 1.54. The van der Waals surface area contributed by atoms with Crippen LogP contribution < -0.4 is 10.2 Å². The molecule has 0 saturated carbocycles. The number of halogens is 1. The summed E-state index contributed by atoms with van der Waals surface area (Å²) in [6.45, 7) is 7.44. The summed E-state index contributed by atoms with van der Waals surface area (Å²) >= 11 is 0. The second-order valence-electron chi connectivity index (χ2n) is 3.47. The fraction of sp³-hybridized carbons (Fsp3) is 0.417. The van der Waals surface area contributed by atoms with Crippen LogP contribution in [0.4, 0.5) is 10.2 Å². The highest BCUT2D eigenvalue weighted by molar-refractivity contribution is 5.43. The molecular weight excluding hydrogens is 205 g/mol. The smallest absolute Gasteiger partial charge is 0.170 e. The molecule has 4 heteroatoms. The molecule has 0 aromatic carbocycles. The summed E-state index contributed by atoms with van der Waals surface area (Å²) in [5, 5.41) is 2.93. The molecule has 1 aromatic heterocycles. The maximum absolute atomic E-state index is 14.0. The van der Waals surface area contributed by atoms with Gasteiger partial charge in [0.15, 0.2) is 11.6 Å². The van der Waals surface area contributed by atoms with Crippen LogP contribution in [-0.2, 0) is 6.54 Å². The summed E-state index contributed by atoms with van der Waals surface area (Å²) in [7, 11) is 1.79. The van der Waals surface area contributed by atoms with Gasteiger partial charge in [-0.05, 0) is 20.0 Å². The van der Waals surface area contributed by atoms with Gasteiger partial charge >= 0.3 is 0 Å². The van der Waals surface area contributed by atoms with E-state index < -0.39 is 0 Å². The van der Waals surface area contributed by atoms with Crippen molar-refractivity contribution in [3.05, 3.63) is 36.3 Å². The Kier molecular flexibility index (Phi) is 4.92. The van der Waals surface area contributed by atoms with Crippen molar-refractivity contribution in [2.45, 2.75) is 13.5 Å². The summed E-state index contributed by atoms with van der Waals surface area (Å²) in [6, 6.07) is 1.69. The van der Waals surface area contributed by atoms with Gasteiger partial charge in [-0.2, -0.15) is 0 Å². The van der Waals surface area contributed by atoms with Crippen LogP contribution in [0.3, 0.4) is 0 Å². The van der Waals surface area contributed by atoms with Gasteiger partial charge in [-0.3, -0.25) is 0 Å². The first kappa shape index (κ1) is 12.6. The van der Waals surface area contributed by atoms with Crippen LogP contribution in [0, 0.1) is 5.82 Å². The first-order valence-corrected chi connectivity index (χ1v) is 5.38. The number of nitrogens with zero attached hydrogens (tertiary/aromatic N) is 2. The van der Waals surface area contributed by atoms with E-state index in [-0.39, 0.29) is 5.82 Å². The molecule has 0 saturated heterocycles. The van der Waals surface area contributed by atoms with Crippen LogP contribution in [0.15, 0.2) is 24.9 Å². The standard InChI is InChI=1S/C12H18FN3/c1-4-8-16(5-2)12-11(13)10(9-14-3)6-7-15-12/h4,6-7,14H,1,5,8-9H2,2-3H3. The lowest BCUT2D eigenvalue weighted by atomic mass is 10.2. The van der Waals surface area contributed by atoms with Gasteiger partial charge in [-0.1, -0.05) is 6.08 Å². The number of nitrogens with one attached hydrogen (secondary N) is 1. The first-order valence-electron chi connectivity index (χ1n) is 5.38. The third-order valence-electron chi connectivity index (χ3n) is 2.35. The van der Waals surface area contributed by atoms with E-state index >= 15 is 0 Å². The van der Waals surface area contributed by atoms with Gasteiger partial charge in [-0.25, -0.2) is 9.37 Å². The van der Waals surface area contributed by atoms with E-state index in [2.05, 4.69) is 16.9 Å². The van der Waals surface area contributed by atoms with Crippen molar-refractivity contribution in [2.75, 3.05) is 25.0 Å². The lowest BCUT2D eigenvalue weighted by Gasteiger charge is -2.21. The largest absolute Gasteiger partial charge is 0.351 e. The number of likely N-dealkylation sites (N-methyl/N-ethyl adjacent to an activating group) is 1. The van der Waals surface area contributed by atoms with E-state index in [0.29, 0.717) is 31.0 Å². The minimum Gasteiger partial charge on any atom is -0.351 e. The van der Waals surface area contributed by atoms with Crippen LogP contribution in [0.2, 0.25) is 0 Å². The van der Waals surface area contributed by atoms with Crippen molar-refractivity contribution in [2.24, 2.45) is 0 Å². The lowest BCUT2D eigenvalue weighted by molar-refractivity contribution is 0.589. The number of pyridine rings is 1. The Balaban J connectivity index is 3.02. The predicted molar refractivity (Wildman–Crippen MR) is 65.0 cm³/mol. The third-order valence-corrected chi connectivity index (χ3v) is 2.35. The molecule has 0 aliphatic carbocycles. The zero-order valence-corrected chi connectivity index (χ0v) is 9.83. The van der Waals surface area contributed by atoms with E-state index in [1.54, 1.807) is 25.4 Å². The van der Waals surface area contributed by atoms with Crippen molar-refractivity contribution in [1.82, 2.24) is 10.3 Å². The molecule has 0 bridgehead atoms. The molecule has 88 valence electrons. The molecule has 0 aliphatic rings. The third kappa shape index (κ3) is 2.79. The monoisotopic (exact) mass is 223 g/mol. The summed E-state index contributed by atoms with van der Waals surface area (Å²) < 4.78 is 14.0. The molecule has 3 nitrogen and oxygen atoms in total. The highest BCUT2D eigenvalue weighted by Crippen LogP contribution is 2.19. The van der Waals surface area contributed by atoms with Crippen LogP contribution >= 0.6 is 0 Å². The Labute approximate surface area is 96.0 Å². The van der Waals surface area contributed by atoms with Crippen molar-refractivity contribution >= 4 is 5.82 Å². The topological polar surface area (TPSA) is 28.2 Å². The minimum absolute atomic E-state index is 0.249. The van der Waals surface area contributed by atoms with E-state index in [0.717, 1.165) is 0 Å². The van der Waals surface area contributed by atoms with Crippen molar-refractivity contribution in [1.29, 1.82) is 0 Å². The average Bonchev–Trinajstić information content (AvgIpc) is 2.30. The second kappa shape index (κ2) is 6.23. The minimum atomic E-state index is -0.249. The summed E-state index contributed by atoms with van der Waals surface area (Å²) in [5.74, 6) is 0.149. The van der Waals surface area contributed by atoms with Crippen LogP contribution in [0.5, 0.6) is 0 Å². The number of hydrogen-bond donors (Lipinski definition) is 1. The predicted octanol–water partition coefficient (Wildman–Crippen LogP) is 1.95. The quantitative estimate of drug-likeness (QED) is 0.747. The first-order chi connectivity index (χ1) is 7.74. The summed E-state index contributed by atoms with van der Waals surface area (Å²) in [6.07, 6.45) is 3.38. The van der Waals surface area contributed by atoms with Crippen LogP contribution in [0.25, 0.3) is 0 Å². The molecule has 0 fully saturated rings. The molecular formula is C12H18FN3. The summed E-state index contributed by atoms with van der Waals surface area (Å²) in [5.41, 5.74) is 0.634. The van der Waals surface area contributed by atoms with Gasteiger partial charge in [0.1, 0.15) is 0 Å². The molecule has 0 unspecified atom stereocenters. The molecule has 1 heterocycles. The van der Waals surface area contributed by atoms with Crippen molar-refractivity contribution in [3.63, 3.8) is 0 Å². The Hall–Kier alpha value is -1.42. The highest BCUT2D eigenvalue weighted by atomic mass is 19.1. The Morgan fingerprint density at radius 2 is 2.38 bits per heavy atom. The molecule has 0 radical (unpaired) electrons. The molecule has 0 atom stereocenters. The number of aromatic nitrogens is 1. The molecule has 16 heavy (non-hydrogen) atoms. The van der Waals surface area contributed by atoms with Gasteiger partial charge in [0.25, 0.3) is 0 Å². The molecule has 0 amide bonds. The van der Waals surface area contributed by atoms with E-state index in [4.69, 9.17) is 0 Å². The van der Waals surface area contributed by atoms with E-state index in [1.807, 2.05) is 11.8 Å². The molecule has 0 aliphatic heterocycles. The maximum atomic E-state index is 14.0. The molecule has 1 N–H and O–H groups in total. The van der Waals surface area contributed by atoms with Crippen LogP contribution in [-0.4, -0.2) is 25.1 Å². The zero-order valence-electron chi connectivity index (χ0n) is 9.83. The summed E-state index contributed by atoms with van der Waals surface area (Å²) in [4.78, 5) is 5.94. The zero-order chi connectivity index (χ0) is 12.0. The van der Waals surface area contributed by atoms with Gasteiger partial charge in [0.05, 0.1) is 0 Å². The van der Waals surface area contributed by atoms with Gasteiger partial charge in [0, 0.05) is 31.4 Å². The van der Waals surface area contributed by atoms with Gasteiger partial charge < -0.3 is 10.2 Å². The molecule has 1 aromatic rings. The maximum Gasteiger partial charge on any atom is 0.170 e. The Morgan fingerprint density at radius 3 is 2.94 bits per heavy atom. The number of rotatable bonds is 6. The normalized spacial score (nSPS) is 10.2. The highest BCUT2D eigenvalue weighted by Gasteiger charge is 2.13. The number of anilines is 1. The van der Waals surface area contributed by atoms with E-state index in [9.17, 15) is 4.39 Å². The van der Waals surface area contributed by atoms with E-state index in [1.165, 1.54) is 0 Å². The average molecular weight is 223 g/mol. The van der Waals surface area contributed by atoms with Crippen molar-refractivity contribution in [3.8, 4) is 0 Å². The van der Waals surface area contributed by atoms with Crippen molar-refractivity contribution < 1.29 is 4.39 Å². The Morgan fingerprint density at radius 1 is 1.62 bits per heavy atom. The van der Waals surface area contributed by atoms with Gasteiger partial charge in [0.2, 0.25) is 0 Å². The Bertz CT molecular complexity index is 352. The molecule has 1 rings (SSSR count).